The molecule has 1 aliphatic rings. The molecule has 1 fully saturated rings. The van der Waals surface area contributed by atoms with E-state index in [2.05, 4.69) is 15.0 Å². The second-order valence-electron chi connectivity index (χ2n) is 7.37. The Kier molecular flexibility index (Phi) is 6.91. The van der Waals surface area contributed by atoms with E-state index in [1.54, 1.807) is 39.6 Å². The number of hydrogen-bond acceptors (Lipinski definition) is 9. The van der Waals surface area contributed by atoms with Gasteiger partial charge in [0.05, 0.1) is 37.8 Å². The highest BCUT2D eigenvalue weighted by atomic mass is 32.2. The van der Waals surface area contributed by atoms with Crippen molar-refractivity contribution in [1.82, 2.24) is 19.3 Å². The minimum absolute atomic E-state index is 0.0513. The van der Waals surface area contributed by atoms with Crippen LogP contribution < -0.4 is 14.2 Å². The maximum absolute atomic E-state index is 12.2. The molecule has 0 saturated carbocycles. The Morgan fingerprint density at radius 2 is 1.91 bits per heavy atom. The summed E-state index contributed by atoms with van der Waals surface area (Å²) in [5, 5.41) is 0. The maximum atomic E-state index is 12.2. The Morgan fingerprint density at radius 3 is 2.67 bits per heavy atom. The molecule has 4 rings (SSSR count). The number of methoxy groups -OCH3 is 2. The number of fused-ring (bicyclic) bond motifs is 1. The van der Waals surface area contributed by atoms with Crippen LogP contribution in [0.2, 0.25) is 0 Å². The van der Waals surface area contributed by atoms with E-state index in [-0.39, 0.29) is 18.9 Å². The summed E-state index contributed by atoms with van der Waals surface area (Å²) >= 11 is 0. The van der Waals surface area contributed by atoms with Gasteiger partial charge in [0.15, 0.2) is 17.0 Å². The molecule has 33 heavy (non-hydrogen) atoms. The second-order valence-corrected chi connectivity index (χ2v) is 9.63. The third-order valence-electron chi connectivity index (χ3n) is 5.37. The number of sulfonamides is 1. The predicted molar refractivity (Wildman–Crippen MR) is 122 cm³/mol. The van der Waals surface area contributed by atoms with Crippen LogP contribution in [0.15, 0.2) is 36.7 Å². The van der Waals surface area contributed by atoms with Crippen molar-refractivity contribution in [3.05, 3.63) is 36.7 Å². The summed E-state index contributed by atoms with van der Waals surface area (Å²) in [5.41, 5.74) is 2.54. The Bertz CT molecular complexity index is 1240. The molecule has 10 nitrogen and oxygen atoms in total. The van der Waals surface area contributed by atoms with E-state index < -0.39 is 16.1 Å². The predicted octanol–water partition coefficient (Wildman–Crippen LogP) is 2.14. The van der Waals surface area contributed by atoms with E-state index in [9.17, 15) is 8.42 Å². The van der Waals surface area contributed by atoms with Gasteiger partial charge in [0.25, 0.3) is 0 Å². The van der Waals surface area contributed by atoms with E-state index >= 15 is 0 Å². The lowest BCUT2D eigenvalue weighted by molar-refractivity contribution is -0.0253. The zero-order chi connectivity index (χ0) is 23.4. The zero-order valence-electron chi connectivity index (χ0n) is 18.7. The molecule has 3 heterocycles. The number of rotatable bonds is 8. The lowest BCUT2D eigenvalue weighted by Gasteiger charge is -2.31. The van der Waals surface area contributed by atoms with Crippen LogP contribution in [0.25, 0.3) is 22.3 Å². The van der Waals surface area contributed by atoms with Crippen molar-refractivity contribution in [2.45, 2.75) is 13.0 Å². The van der Waals surface area contributed by atoms with E-state index in [1.165, 1.54) is 4.31 Å². The Morgan fingerprint density at radius 1 is 1.12 bits per heavy atom. The largest absolute Gasteiger partial charge is 0.493 e. The molecule has 3 aromatic rings. The van der Waals surface area contributed by atoms with Crippen LogP contribution in [0.1, 0.15) is 6.92 Å². The summed E-state index contributed by atoms with van der Waals surface area (Å²) in [6.45, 7) is 2.64. The average Bonchev–Trinajstić information content (AvgIpc) is 2.86. The highest BCUT2D eigenvalue weighted by Crippen LogP contribution is 2.33. The van der Waals surface area contributed by atoms with Gasteiger partial charge >= 0.3 is 0 Å². The molecule has 0 amide bonds. The van der Waals surface area contributed by atoms with Crippen molar-refractivity contribution in [2.75, 3.05) is 46.3 Å². The van der Waals surface area contributed by atoms with Crippen LogP contribution in [0.4, 0.5) is 0 Å². The van der Waals surface area contributed by atoms with Crippen molar-refractivity contribution in [3.63, 3.8) is 0 Å². The first-order valence-electron chi connectivity index (χ1n) is 10.5. The van der Waals surface area contributed by atoms with Gasteiger partial charge in [-0.3, -0.25) is 4.98 Å². The van der Waals surface area contributed by atoms with Gasteiger partial charge in [0.2, 0.25) is 15.9 Å². The summed E-state index contributed by atoms with van der Waals surface area (Å²) in [7, 11) is -0.141. The normalized spacial score (nSPS) is 17.1. The third-order valence-corrected chi connectivity index (χ3v) is 7.22. The molecule has 1 aliphatic heterocycles. The molecule has 1 saturated heterocycles. The number of ether oxygens (including phenoxy) is 4. The van der Waals surface area contributed by atoms with Crippen LogP contribution in [0, 0.1) is 0 Å². The molecular formula is C22H26N4O6S. The Balaban J connectivity index is 1.61. The molecular weight excluding hydrogens is 448 g/mol. The summed E-state index contributed by atoms with van der Waals surface area (Å²) in [4.78, 5) is 13.4. The molecule has 0 N–H and O–H groups in total. The SMILES string of the molecule is CCS(=O)(=O)N1CCO[C@H](COc2nc(-c3ccc(OC)c(OC)c3)cc3nccnc23)C1. The van der Waals surface area contributed by atoms with Gasteiger partial charge in [0.1, 0.15) is 12.7 Å². The fourth-order valence-electron chi connectivity index (χ4n) is 3.59. The number of nitrogens with zero attached hydrogens (tertiary/aromatic N) is 4. The highest BCUT2D eigenvalue weighted by molar-refractivity contribution is 7.89. The first kappa shape index (κ1) is 23.1. The van der Waals surface area contributed by atoms with Crippen LogP contribution in [-0.4, -0.2) is 80.1 Å². The lowest BCUT2D eigenvalue weighted by atomic mass is 10.1. The molecule has 0 radical (unpaired) electrons. The van der Waals surface area contributed by atoms with Crippen molar-refractivity contribution >= 4 is 21.1 Å². The summed E-state index contributed by atoms with van der Waals surface area (Å²) in [5.74, 6) is 1.53. The van der Waals surface area contributed by atoms with Crippen molar-refractivity contribution < 1.29 is 27.4 Å². The third kappa shape index (κ3) is 5.00. The Hall–Kier alpha value is -3.02. The van der Waals surface area contributed by atoms with Gasteiger partial charge in [-0.15, -0.1) is 0 Å². The van der Waals surface area contributed by atoms with Crippen molar-refractivity contribution in [2.24, 2.45) is 0 Å². The number of hydrogen-bond donors (Lipinski definition) is 0. The van der Waals surface area contributed by atoms with Gasteiger partial charge in [0, 0.05) is 31.0 Å². The summed E-state index contributed by atoms with van der Waals surface area (Å²) < 4.78 is 48.3. The highest BCUT2D eigenvalue weighted by Gasteiger charge is 2.29. The van der Waals surface area contributed by atoms with Crippen LogP contribution in [-0.2, 0) is 14.8 Å². The number of benzene rings is 1. The number of aromatic nitrogens is 3. The van der Waals surface area contributed by atoms with E-state index in [1.807, 2.05) is 18.2 Å². The summed E-state index contributed by atoms with van der Waals surface area (Å²) in [6, 6.07) is 7.32. The van der Waals surface area contributed by atoms with E-state index in [0.717, 1.165) is 5.56 Å². The smallest absolute Gasteiger partial charge is 0.242 e. The van der Waals surface area contributed by atoms with Gasteiger partial charge < -0.3 is 18.9 Å². The van der Waals surface area contributed by atoms with Gasteiger partial charge in [-0.05, 0) is 31.2 Å². The van der Waals surface area contributed by atoms with E-state index in [0.29, 0.717) is 47.3 Å². The monoisotopic (exact) mass is 474 g/mol. The standard InChI is InChI=1S/C22H26N4O6S/c1-4-33(27,28)26-9-10-31-16(13-26)14-32-22-21-18(23-7-8-24-21)12-17(25-22)15-5-6-19(29-2)20(11-15)30-3/h5-8,11-12,16H,4,9-10,13-14H2,1-3H3/t16-/m0/s1. The first-order valence-corrected chi connectivity index (χ1v) is 12.1. The topological polar surface area (TPSA) is 113 Å². The number of pyridine rings is 1. The van der Waals surface area contributed by atoms with E-state index in [4.69, 9.17) is 18.9 Å². The fraction of sp³-hybridized carbons (Fsp3) is 0.409. The quantitative estimate of drug-likeness (QED) is 0.484. The molecule has 1 aromatic carbocycles. The average molecular weight is 475 g/mol. The minimum Gasteiger partial charge on any atom is -0.493 e. The molecule has 176 valence electrons. The van der Waals surface area contributed by atoms with Crippen LogP contribution in [0.5, 0.6) is 17.4 Å². The molecule has 2 aromatic heterocycles. The zero-order valence-corrected chi connectivity index (χ0v) is 19.5. The molecule has 0 unspecified atom stereocenters. The van der Waals surface area contributed by atoms with Gasteiger partial charge in [-0.1, -0.05) is 0 Å². The number of morpholine rings is 1. The summed E-state index contributed by atoms with van der Waals surface area (Å²) in [6.07, 6.45) is 2.75. The molecule has 1 atom stereocenters. The van der Waals surface area contributed by atoms with Crippen molar-refractivity contribution in [3.8, 4) is 28.6 Å². The Labute approximate surface area is 192 Å². The lowest BCUT2D eigenvalue weighted by Crippen LogP contribution is -2.48. The minimum atomic E-state index is -3.29. The first-order chi connectivity index (χ1) is 15.9. The fourth-order valence-corrected chi connectivity index (χ4v) is 4.70. The van der Waals surface area contributed by atoms with Crippen LogP contribution in [0.3, 0.4) is 0 Å². The van der Waals surface area contributed by atoms with Crippen LogP contribution >= 0.6 is 0 Å². The van der Waals surface area contributed by atoms with Crippen molar-refractivity contribution in [1.29, 1.82) is 0 Å². The van der Waals surface area contributed by atoms with Gasteiger partial charge in [-0.25, -0.2) is 18.4 Å². The second kappa shape index (κ2) is 9.86. The maximum Gasteiger partial charge on any atom is 0.242 e. The molecule has 0 aliphatic carbocycles. The van der Waals surface area contributed by atoms with Gasteiger partial charge in [-0.2, -0.15) is 4.31 Å². The molecule has 11 heteroatoms. The molecule has 0 spiro atoms. The molecule has 0 bridgehead atoms.